The van der Waals surface area contributed by atoms with E-state index in [-0.39, 0.29) is 19.0 Å². The van der Waals surface area contributed by atoms with Crippen LogP contribution < -0.4 is 12.4 Å². The highest BCUT2D eigenvalue weighted by atomic mass is 35.5. The summed E-state index contributed by atoms with van der Waals surface area (Å²) >= 11 is 0. The van der Waals surface area contributed by atoms with Gasteiger partial charge in [-0.05, 0) is 6.42 Å². The van der Waals surface area contributed by atoms with E-state index in [0.717, 1.165) is 30.8 Å². The second-order valence-electron chi connectivity index (χ2n) is 5.90. The third-order valence-corrected chi connectivity index (χ3v) is 3.25. The largest absolute Gasteiger partial charge is 1.00 e. The van der Waals surface area contributed by atoms with Gasteiger partial charge in [0.15, 0.2) is 6.73 Å². The predicted octanol–water partition coefficient (Wildman–Crippen LogP) is 0.174. The molecule has 0 aliphatic rings. The van der Waals surface area contributed by atoms with Crippen LogP contribution in [0, 0.1) is 0 Å². The molecule has 0 aliphatic carbocycles. The van der Waals surface area contributed by atoms with Crippen molar-refractivity contribution in [1.29, 1.82) is 0 Å². The highest BCUT2D eigenvalue weighted by Gasteiger charge is 2.13. The van der Waals surface area contributed by atoms with Crippen molar-refractivity contribution in [2.24, 2.45) is 0 Å². The van der Waals surface area contributed by atoms with Gasteiger partial charge in [0.2, 0.25) is 0 Å². The van der Waals surface area contributed by atoms with Crippen LogP contribution in [0.15, 0.2) is 0 Å². The minimum Gasteiger partial charge on any atom is -1.00 e. The van der Waals surface area contributed by atoms with E-state index in [1.165, 1.54) is 44.9 Å². The van der Waals surface area contributed by atoms with E-state index in [1.807, 2.05) is 0 Å². The van der Waals surface area contributed by atoms with Gasteiger partial charge in [-0.25, -0.2) is 0 Å². The molecule has 0 heterocycles. The van der Waals surface area contributed by atoms with E-state index in [4.69, 9.17) is 9.84 Å². The highest BCUT2D eigenvalue weighted by molar-refractivity contribution is 4.44. The second kappa shape index (κ2) is 14.6. The maximum absolute atomic E-state index is 8.81. The Bertz CT molecular complexity index is 178. The lowest BCUT2D eigenvalue weighted by Crippen LogP contribution is -3.00. The Hall–Kier alpha value is 0.170. The Morgan fingerprint density at radius 2 is 1.47 bits per heavy atom. The molecular formula is C15H34ClNO2. The van der Waals surface area contributed by atoms with Crippen molar-refractivity contribution < 1.29 is 26.7 Å². The maximum Gasteiger partial charge on any atom is 0.182 e. The van der Waals surface area contributed by atoms with Crippen molar-refractivity contribution in [2.45, 2.75) is 58.3 Å². The summed E-state index contributed by atoms with van der Waals surface area (Å²) in [6.07, 6.45) is 10.2. The number of halogens is 1. The maximum atomic E-state index is 8.81. The average molecular weight is 296 g/mol. The first kappa shape index (κ1) is 21.5. The first-order chi connectivity index (χ1) is 8.62. The molecule has 0 saturated heterocycles. The lowest BCUT2D eigenvalue weighted by molar-refractivity contribution is -0.909. The van der Waals surface area contributed by atoms with E-state index in [0.29, 0.717) is 0 Å². The van der Waals surface area contributed by atoms with Gasteiger partial charge in [-0.15, -0.1) is 0 Å². The summed E-state index contributed by atoms with van der Waals surface area (Å²) in [6.45, 7) is 5.15. The number of hydrogen-bond acceptors (Lipinski definition) is 2. The Labute approximate surface area is 126 Å². The molecule has 118 valence electrons. The van der Waals surface area contributed by atoms with Gasteiger partial charge in [0, 0.05) is 13.0 Å². The van der Waals surface area contributed by atoms with Gasteiger partial charge in [0.05, 0.1) is 27.2 Å². The summed E-state index contributed by atoms with van der Waals surface area (Å²) < 4.78 is 6.56. The Kier molecular flexibility index (Phi) is 16.5. The Balaban J connectivity index is 0. The fourth-order valence-corrected chi connectivity index (χ4v) is 2.04. The van der Waals surface area contributed by atoms with Crippen LogP contribution in [-0.2, 0) is 4.74 Å². The molecule has 3 nitrogen and oxygen atoms in total. The van der Waals surface area contributed by atoms with E-state index >= 15 is 0 Å². The normalized spacial score (nSPS) is 11.4. The number of hydrogen-bond donors (Lipinski definition) is 1. The van der Waals surface area contributed by atoms with Crippen LogP contribution in [0.5, 0.6) is 0 Å². The van der Waals surface area contributed by atoms with Crippen molar-refractivity contribution in [2.75, 3.05) is 40.6 Å². The van der Waals surface area contributed by atoms with Crippen LogP contribution in [0.1, 0.15) is 58.3 Å². The summed E-state index contributed by atoms with van der Waals surface area (Å²) in [7, 11) is 4.31. The summed E-state index contributed by atoms with van der Waals surface area (Å²) in [5.74, 6) is 0. The number of aliphatic hydroxyl groups is 1. The molecule has 0 unspecified atom stereocenters. The second-order valence-corrected chi connectivity index (χ2v) is 5.90. The standard InChI is InChI=1S/C15H34NO2.ClH/c1-4-5-6-7-8-9-10-14-18-15-16(2,3)12-11-13-17;/h17H,4-15H2,1-3H3;1H/q+1;/p-1. The molecule has 1 N–H and O–H groups in total. The minimum absolute atomic E-state index is 0. The van der Waals surface area contributed by atoms with Crippen LogP contribution in [0.3, 0.4) is 0 Å². The zero-order valence-corrected chi connectivity index (χ0v) is 13.9. The van der Waals surface area contributed by atoms with Gasteiger partial charge >= 0.3 is 0 Å². The zero-order valence-electron chi connectivity index (χ0n) is 13.2. The van der Waals surface area contributed by atoms with Gasteiger partial charge in [-0.1, -0.05) is 45.4 Å². The van der Waals surface area contributed by atoms with Gasteiger partial charge < -0.3 is 26.7 Å². The van der Waals surface area contributed by atoms with Crippen LogP contribution in [0.4, 0.5) is 0 Å². The summed E-state index contributed by atoms with van der Waals surface area (Å²) in [6, 6.07) is 0. The van der Waals surface area contributed by atoms with Crippen LogP contribution in [0.25, 0.3) is 0 Å². The van der Waals surface area contributed by atoms with E-state index < -0.39 is 0 Å². The fourth-order valence-electron chi connectivity index (χ4n) is 2.04. The molecule has 0 saturated carbocycles. The van der Waals surface area contributed by atoms with Crippen LogP contribution in [0.2, 0.25) is 0 Å². The molecule has 0 amide bonds. The average Bonchev–Trinajstić information content (AvgIpc) is 2.34. The van der Waals surface area contributed by atoms with E-state index in [2.05, 4.69) is 21.0 Å². The number of ether oxygens (including phenoxy) is 1. The first-order valence-electron chi connectivity index (χ1n) is 7.63. The SMILES string of the molecule is CCCCCCCCCOC[N+](C)(C)CCCO.[Cl-]. The van der Waals surface area contributed by atoms with Gasteiger partial charge in [0.1, 0.15) is 0 Å². The van der Waals surface area contributed by atoms with E-state index in [1.54, 1.807) is 0 Å². The van der Waals surface area contributed by atoms with Crippen molar-refractivity contribution in [3.63, 3.8) is 0 Å². The molecule has 0 atom stereocenters. The number of aliphatic hydroxyl groups excluding tert-OH is 1. The number of unbranched alkanes of at least 4 members (excludes halogenated alkanes) is 6. The van der Waals surface area contributed by atoms with Crippen molar-refractivity contribution >= 4 is 0 Å². The third kappa shape index (κ3) is 16.1. The van der Waals surface area contributed by atoms with Crippen molar-refractivity contribution in [1.82, 2.24) is 0 Å². The minimum atomic E-state index is 0. The summed E-state index contributed by atoms with van der Waals surface area (Å²) in [5, 5.41) is 8.81. The number of rotatable bonds is 13. The lowest BCUT2D eigenvalue weighted by atomic mass is 10.1. The van der Waals surface area contributed by atoms with Crippen LogP contribution in [-0.4, -0.2) is 50.2 Å². The summed E-state index contributed by atoms with van der Waals surface area (Å²) in [4.78, 5) is 0. The molecule has 4 heteroatoms. The topological polar surface area (TPSA) is 29.5 Å². The highest BCUT2D eigenvalue weighted by Crippen LogP contribution is 2.07. The third-order valence-electron chi connectivity index (χ3n) is 3.25. The number of nitrogens with zero attached hydrogens (tertiary/aromatic N) is 1. The van der Waals surface area contributed by atoms with Gasteiger partial charge in [-0.2, -0.15) is 0 Å². The predicted molar refractivity (Wildman–Crippen MR) is 77.5 cm³/mol. The first-order valence-corrected chi connectivity index (χ1v) is 7.63. The molecule has 0 spiro atoms. The zero-order chi connectivity index (χ0) is 13.7. The number of quaternary nitrogens is 1. The van der Waals surface area contributed by atoms with Crippen molar-refractivity contribution in [3.8, 4) is 0 Å². The molecule has 0 aromatic carbocycles. The molecule has 0 aromatic rings. The quantitative estimate of drug-likeness (QED) is 0.298. The van der Waals surface area contributed by atoms with Crippen molar-refractivity contribution in [3.05, 3.63) is 0 Å². The van der Waals surface area contributed by atoms with Gasteiger partial charge in [-0.3, -0.25) is 0 Å². The van der Waals surface area contributed by atoms with E-state index in [9.17, 15) is 0 Å². The lowest BCUT2D eigenvalue weighted by Gasteiger charge is -2.28. The molecule has 0 fully saturated rings. The molecule has 0 radical (unpaired) electrons. The molecular weight excluding hydrogens is 262 g/mol. The molecule has 0 rings (SSSR count). The molecule has 0 aromatic heterocycles. The Morgan fingerprint density at radius 3 is 2.05 bits per heavy atom. The molecule has 19 heavy (non-hydrogen) atoms. The fraction of sp³-hybridized carbons (Fsp3) is 1.00. The van der Waals surface area contributed by atoms with Crippen LogP contribution >= 0.6 is 0 Å². The monoisotopic (exact) mass is 295 g/mol. The molecule has 0 bridgehead atoms. The summed E-state index contributed by atoms with van der Waals surface area (Å²) in [5.41, 5.74) is 0. The van der Waals surface area contributed by atoms with Gasteiger partial charge in [0.25, 0.3) is 0 Å². The Morgan fingerprint density at radius 1 is 0.895 bits per heavy atom. The smallest absolute Gasteiger partial charge is 0.182 e. The molecule has 0 aliphatic heterocycles.